The van der Waals surface area contributed by atoms with Gasteiger partial charge in [-0.05, 0) is 31.0 Å². The zero-order valence-corrected chi connectivity index (χ0v) is 15.6. The predicted octanol–water partition coefficient (Wildman–Crippen LogP) is 0.778. The van der Waals surface area contributed by atoms with Crippen LogP contribution in [0.2, 0.25) is 0 Å². The van der Waals surface area contributed by atoms with Gasteiger partial charge in [-0.25, -0.2) is 8.42 Å². The van der Waals surface area contributed by atoms with Crippen molar-refractivity contribution >= 4 is 28.3 Å². The Balaban J connectivity index is 0.00000208. The van der Waals surface area contributed by atoms with Crippen LogP contribution in [0, 0.1) is 19.8 Å². The molecule has 2 heterocycles. The van der Waals surface area contributed by atoms with Crippen molar-refractivity contribution in [2.45, 2.75) is 18.7 Å². The highest BCUT2D eigenvalue weighted by atomic mass is 35.5. The molecule has 0 aromatic heterocycles. The molecule has 2 aliphatic heterocycles. The molecule has 1 N–H and O–H groups in total. The first-order valence-corrected chi connectivity index (χ1v) is 9.40. The van der Waals surface area contributed by atoms with Crippen LogP contribution in [0.5, 0.6) is 0 Å². The van der Waals surface area contributed by atoms with Crippen LogP contribution in [0.25, 0.3) is 0 Å². The van der Waals surface area contributed by atoms with Crippen LogP contribution in [0.1, 0.15) is 11.1 Å². The number of nitrogens with zero attached hydrogens (tertiary/aromatic N) is 2. The van der Waals surface area contributed by atoms with Crippen molar-refractivity contribution in [3.05, 3.63) is 29.3 Å². The molecule has 2 aliphatic rings. The Morgan fingerprint density at radius 3 is 2.29 bits per heavy atom. The summed E-state index contributed by atoms with van der Waals surface area (Å²) >= 11 is 0. The summed E-state index contributed by atoms with van der Waals surface area (Å²) in [5, 5.41) is 3.09. The third-order valence-corrected chi connectivity index (χ3v) is 6.68. The number of amides is 1. The Hall–Kier alpha value is -1.15. The molecular formula is C16H24ClN3O3S. The molecule has 0 radical (unpaired) electrons. The average molecular weight is 374 g/mol. The number of aryl methyl sites for hydroxylation is 2. The van der Waals surface area contributed by atoms with Gasteiger partial charge in [-0.15, -0.1) is 12.4 Å². The van der Waals surface area contributed by atoms with Crippen molar-refractivity contribution in [3.63, 3.8) is 0 Å². The summed E-state index contributed by atoms with van der Waals surface area (Å²) in [6.07, 6.45) is 0. The van der Waals surface area contributed by atoms with E-state index < -0.39 is 10.0 Å². The van der Waals surface area contributed by atoms with Crippen molar-refractivity contribution in [2.24, 2.45) is 5.92 Å². The molecule has 0 aliphatic carbocycles. The van der Waals surface area contributed by atoms with Crippen LogP contribution in [0.15, 0.2) is 23.1 Å². The summed E-state index contributed by atoms with van der Waals surface area (Å²) in [7, 11) is -3.49. The third kappa shape index (κ3) is 3.59. The third-order valence-electron chi connectivity index (χ3n) is 4.64. The smallest absolute Gasteiger partial charge is 0.243 e. The lowest BCUT2D eigenvalue weighted by atomic mass is 10.0. The summed E-state index contributed by atoms with van der Waals surface area (Å²) < 4.78 is 27.2. The van der Waals surface area contributed by atoms with Crippen molar-refractivity contribution in [2.75, 3.05) is 39.3 Å². The van der Waals surface area contributed by atoms with Gasteiger partial charge in [0.2, 0.25) is 15.9 Å². The summed E-state index contributed by atoms with van der Waals surface area (Å²) in [5.74, 6) is 0.213. The van der Waals surface area contributed by atoms with E-state index in [1.54, 1.807) is 11.0 Å². The van der Waals surface area contributed by atoms with E-state index in [4.69, 9.17) is 0 Å². The number of benzene rings is 1. The van der Waals surface area contributed by atoms with E-state index in [1.165, 1.54) is 4.31 Å². The first-order chi connectivity index (χ1) is 10.9. The summed E-state index contributed by atoms with van der Waals surface area (Å²) in [6, 6.07) is 5.48. The molecule has 1 amide bonds. The Kier molecular flexibility index (Phi) is 5.91. The molecule has 0 atom stereocenters. The standard InChI is InChI=1S/C16H23N3O3S.ClH/c1-12-3-4-13(2)15(9-12)23(21,22)19-7-5-18(6-8-19)16(20)14-10-17-11-14;/h3-4,9,14,17H,5-8,10-11H2,1-2H3;1H. The number of sulfonamides is 1. The highest BCUT2D eigenvalue weighted by Crippen LogP contribution is 2.23. The maximum Gasteiger partial charge on any atom is 0.243 e. The van der Waals surface area contributed by atoms with Gasteiger partial charge in [0.05, 0.1) is 10.8 Å². The fraction of sp³-hybridized carbons (Fsp3) is 0.562. The van der Waals surface area contributed by atoms with Crippen molar-refractivity contribution < 1.29 is 13.2 Å². The van der Waals surface area contributed by atoms with Gasteiger partial charge in [0.25, 0.3) is 0 Å². The van der Waals surface area contributed by atoms with E-state index in [1.807, 2.05) is 26.0 Å². The molecule has 0 unspecified atom stereocenters. The van der Waals surface area contributed by atoms with Gasteiger partial charge in [0.1, 0.15) is 0 Å². The second-order valence-corrected chi connectivity index (χ2v) is 8.26. The lowest BCUT2D eigenvalue weighted by molar-refractivity contribution is -0.138. The number of nitrogens with one attached hydrogen (secondary N) is 1. The van der Waals surface area contributed by atoms with Crippen molar-refractivity contribution in [3.8, 4) is 0 Å². The largest absolute Gasteiger partial charge is 0.340 e. The first-order valence-electron chi connectivity index (χ1n) is 7.96. The van der Waals surface area contributed by atoms with E-state index in [0.29, 0.717) is 31.1 Å². The molecular weight excluding hydrogens is 350 g/mol. The van der Waals surface area contributed by atoms with Crippen LogP contribution in [0.4, 0.5) is 0 Å². The molecule has 134 valence electrons. The molecule has 3 rings (SSSR count). The highest BCUT2D eigenvalue weighted by Gasteiger charge is 2.34. The zero-order chi connectivity index (χ0) is 16.6. The maximum atomic E-state index is 12.9. The van der Waals surface area contributed by atoms with Crippen molar-refractivity contribution in [1.82, 2.24) is 14.5 Å². The molecule has 1 aromatic rings. The number of carbonyl (C=O) groups is 1. The summed E-state index contributed by atoms with van der Waals surface area (Å²) in [5.41, 5.74) is 1.69. The van der Waals surface area contributed by atoms with Crippen LogP contribution in [0.3, 0.4) is 0 Å². The molecule has 0 saturated carbocycles. The SMILES string of the molecule is Cc1ccc(C)c(S(=O)(=O)N2CCN(C(=O)C3CNC3)CC2)c1.Cl. The molecule has 24 heavy (non-hydrogen) atoms. The maximum absolute atomic E-state index is 12.9. The first kappa shape index (κ1) is 19.2. The van der Waals surface area contributed by atoms with E-state index in [2.05, 4.69) is 5.32 Å². The van der Waals surface area contributed by atoms with Gasteiger partial charge >= 0.3 is 0 Å². The van der Waals surface area contributed by atoms with E-state index in [-0.39, 0.29) is 24.2 Å². The number of rotatable bonds is 3. The number of hydrogen-bond acceptors (Lipinski definition) is 4. The number of carbonyl (C=O) groups excluding carboxylic acids is 1. The molecule has 8 heteroatoms. The van der Waals surface area contributed by atoms with Gasteiger partial charge in [-0.2, -0.15) is 4.31 Å². The lowest BCUT2D eigenvalue weighted by Gasteiger charge is -2.38. The fourth-order valence-corrected chi connectivity index (χ4v) is 4.73. The highest BCUT2D eigenvalue weighted by molar-refractivity contribution is 7.89. The van der Waals surface area contributed by atoms with E-state index in [0.717, 1.165) is 24.2 Å². The van der Waals surface area contributed by atoms with Crippen molar-refractivity contribution in [1.29, 1.82) is 0 Å². The minimum atomic E-state index is -3.49. The van der Waals surface area contributed by atoms with Gasteiger partial charge < -0.3 is 10.2 Å². The second kappa shape index (κ2) is 7.39. The Labute approximate surface area is 149 Å². The number of hydrogen-bond donors (Lipinski definition) is 1. The number of halogens is 1. The summed E-state index contributed by atoms with van der Waals surface area (Å²) in [4.78, 5) is 14.4. The number of piperazine rings is 1. The van der Waals surface area contributed by atoms with E-state index >= 15 is 0 Å². The Morgan fingerprint density at radius 2 is 1.75 bits per heavy atom. The monoisotopic (exact) mass is 373 g/mol. The van der Waals surface area contributed by atoms with Crippen LogP contribution in [-0.4, -0.2) is 62.8 Å². The minimum Gasteiger partial charge on any atom is -0.340 e. The van der Waals surface area contributed by atoms with Crippen LogP contribution in [-0.2, 0) is 14.8 Å². The van der Waals surface area contributed by atoms with E-state index in [9.17, 15) is 13.2 Å². The fourth-order valence-electron chi connectivity index (χ4n) is 2.99. The minimum absolute atomic E-state index is 0. The normalized spacial score (nSPS) is 19.5. The van der Waals surface area contributed by atoms with Gasteiger partial charge in [0, 0.05) is 39.3 Å². The average Bonchev–Trinajstić information content (AvgIpc) is 2.48. The predicted molar refractivity (Wildman–Crippen MR) is 94.9 cm³/mol. The quantitative estimate of drug-likeness (QED) is 0.850. The Morgan fingerprint density at radius 1 is 1.12 bits per heavy atom. The topological polar surface area (TPSA) is 69.7 Å². The molecule has 6 nitrogen and oxygen atoms in total. The molecule has 2 saturated heterocycles. The van der Waals surface area contributed by atoms with Gasteiger partial charge in [-0.1, -0.05) is 12.1 Å². The van der Waals surface area contributed by atoms with Gasteiger partial charge in [0.15, 0.2) is 0 Å². The van der Waals surface area contributed by atoms with Gasteiger partial charge in [-0.3, -0.25) is 4.79 Å². The van der Waals surface area contributed by atoms with Crippen LogP contribution >= 0.6 is 12.4 Å². The summed E-state index contributed by atoms with van der Waals surface area (Å²) in [6.45, 7) is 6.85. The molecule has 2 fully saturated rings. The molecule has 1 aromatic carbocycles. The van der Waals surface area contributed by atoms with Crippen LogP contribution < -0.4 is 5.32 Å². The molecule has 0 bridgehead atoms. The second-order valence-electron chi connectivity index (χ2n) is 6.35. The zero-order valence-electron chi connectivity index (χ0n) is 14.0. The Bertz CT molecular complexity index is 711. The lowest BCUT2D eigenvalue weighted by Crippen LogP contribution is -2.57. The molecule has 0 spiro atoms.